The van der Waals surface area contributed by atoms with E-state index in [9.17, 15) is 9.59 Å². The van der Waals surface area contributed by atoms with Gasteiger partial charge in [0.05, 0.1) is 17.9 Å². The van der Waals surface area contributed by atoms with E-state index in [1.165, 1.54) is 12.3 Å². The monoisotopic (exact) mass is 416 g/mol. The molecular formula is C21H28N4O5. The van der Waals surface area contributed by atoms with Crippen LogP contribution in [0.4, 0.5) is 5.69 Å². The predicted molar refractivity (Wildman–Crippen MR) is 111 cm³/mol. The summed E-state index contributed by atoms with van der Waals surface area (Å²) in [6, 6.07) is 6.49. The van der Waals surface area contributed by atoms with Crippen LogP contribution in [0, 0.1) is 5.92 Å². The largest absolute Gasteiger partial charge is 0.491 e. The molecule has 3 atom stereocenters. The number of ether oxygens (including phenoxy) is 2. The van der Waals surface area contributed by atoms with Crippen LogP contribution < -0.4 is 15.4 Å². The van der Waals surface area contributed by atoms with Gasteiger partial charge in [-0.15, -0.1) is 0 Å². The number of hydrogen-bond acceptors (Lipinski definition) is 7. The molecule has 9 heteroatoms. The first-order valence-corrected chi connectivity index (χ1v) is 9.89. The summed E-state index contributed by atoms with van der Waals surface area (Å²) >= 11 is 0. The number of methoxy groups -OCH3 is 1. The van der Waals surface area contributed by atoms with Crippen LogP contribution in [0.3, 0.4) is 0 Å². The van der Waals surface area contributed by atoms with Crippen LogP contribution in [0.25, 0.3) is 0 Å². The van der Waals surface area contributed by atoms with Gasteiger partial charge in [-0.25, -0.2) is 0 Å². The van der Waals surface area contributed by atoms with Crippen molar-refractivity contribution >= 4 is 17.5 Å². The van der Waals surface area contributed by atoms with Crippen LogP contribution >= 0.6 is 0 Å². The van der Waals surface area contributed by atoms with Crippen molar-refractivity contribution in [2.24, 2.45) is 5.92 Å². The lowest BCUT2D eigenvalue weighted by molar-refractivity contribution is 0.0281. The zero-order valence-electron chi connectivity index (χ0n) is 17.7. The predicted octanol–water partition coefficient (Wildman–Crippen LogP) is 2.02. The number of anilines is 1. The van der Waals surface area contributed by atoms with Gasteiger partial charge in [-0.3, -0.25) is 9.59 Å². The summed E-state index contributed by atoms with van der Waals surface area (Å²) in [6.45, 7) is 5.68. The van der Waals surface area contributed by atoms with Gasteiger partial charge < -0.3 is 29.5 Å². The van der Waals surface area contributed by atoms with Crippen molar-refractivity contribution in [3.63, 3.8) is 0 Å². The quantitative estimate of drug-likeness (QED) is 0.788. The highest BCUT2D eigenvalue weighted by Crippen LogP contribution is 2.26. The van der Waals surface area contributed by atoms with Crippen LogP contribution in [0.2, 0.25) is 0 Å². The first-order valence-electron chi connectivity index (χ1n) is 9.89. The molecule has 30 heavy (non-hydrogen) atoms. The maximum absolute atomic E-state index is 13.1. The van der Waals surface area contributed by atoms with Gasteiger partial charge >= 0.3 is 0 Å². The number of nitrogens with zero attached hydrogens (tertiary/aromatic N) is 2. The molecule has 2 aromatic rings. The van der Waals surface area contributed by atoms with E-state index in [4.69, 9.17) is 14.0 Å². The van der Waals surface area contributed by atoms with E-state index in [1.807, 2.05) is 6.92 Å². The molecule has 2 N–H and O–H groups in total. The molecule has 9 nitrogen and oxygen atoms in total. The first kappa shape index (κ1) is 21.8. The van der Waals surface area contributed by atoms with Gasteiger partial charge in [-0.05, 0) is 25.0 Å². The SMILES string of the molecule is CO[C@@H]1CN(C)C(=O)c2ccc(NC(=O)c3ccno3)cc2OC[C@H](C)NC[C@@H]1C. The molecule has 162 valence electrons. The third kappa shape index (κ3) is 5.17. The van der Waals surface area contributed by atoms with Crippen molar-refractivity contribution in [1.29, 1.82) is 0 Å². The number of benzene rings is 1. The average Bonchev–Trinajstić information content (AvgIpc) is 3.28. The van der Waals surface area contributed by atoms with Crippen molar-refractivity contribution in [3.8, 4) is 5.75 Å². The third-order valence-electron chi connectivity index (χ3n) is 5.15. The Hall–Kier alpha value is -2.91. The number of hydrogen-bond donors (Lipinski definition) is 2. The Morgan fingerprint density at radius 2 is 2.13 bits per heavy atom. The maximum Gasteiger partial charge on any atom is 0.294 e. The number of amides is 2. The Morgan fingerprint density at radius 1 is 1.33 bits per heavy atom. The summed E-state index contributed by atoms with van der Waals surface area (Å²) in [5, 5.41) is 9.70. The average molecular weight is 416 g/mol. The van der Waals surface area contributed by atoms with Crippen molar-refractivity contribution in [3.05, 3.63) is 41.8 Å². The Morgan fingerprint density at radius 3 is 2.83 bits per heavy atom. The molecule has 0 saturated carbocycles. The van der Waals surface area contributed by atoms with E-state index >= 15 is 0 Å². The van der Waals surface area contributed by atoms with Gasteiger partial charge in [-0.1, -0.05) is 12.1 Å². The summed E-state index contributed by atoms with van der Waals surface area (Å²) in [6.07, 6.45) is 1.30. The minimum absolute atomic E-state index is 0.0671. The zero-order valence-corrected chi connectivity index (χ0v) is 17.7. The van der Waals surface area contributed by atoms with Crippen LogP contribution in [0.15, 0.2) is 35.0 Å². The van der Waals surface area contributed by atoms with Gasteiger partial charge in [0.15, 0.2) is 0 Å². The molecule has 0 fully saturated rings. The van der Waals surface area contributed by atoms with Crippen LogP contribution in [0.1, 0.15) is 34.8 Å². The standard InChI is InChI=1S/C21H28N4O5/c1-13-10-22-14(2)12-29-18-9-15(24-20(26)17-7-8-23-30-17)5-6-16(18)21(27)25(3)11-19(13)28-4/h5-9,13-14,19,22H,10-12H2,1-4H3,(H,24,26)/t13-,14-,19+/m0/s1. The second-order valence-corrected chi connectivity index (χ2v) is 7.60. The van der Waals surface area contributed by atoms with Gasteiger partial charge in [0.1, 0.15) is 12.4 Å². The summed E-state index contributed by atoms with van der Waals surface area (Å²) in [5.41, 5.74) is 0.909. The molecule has 0 radical (unpaired) electrons. The number of carbonyl (C=O) groups excluding carboxylic acids is 2. The van der Waals surface area contributed by atoms with E-state index in [0.717, 1.165) is 6.54 Å². The first-order chi connectivity index (χ1) is 14.4. The van der Waals surface area contributed by atoms with E-state index in [-0.39, 0.29) is 29.7 Å². The van der Waals surface area contributed by atoms with E-state index in [0.29, 0.717) is 30.2 Å². The normalized spacial score (nSPS) is 23.0. The molecule has 2 amide bonds. The minimum atomic E-state index is -0.434. The van der Waals surface area contributed by atoms with Crippen molar-refractivity contribution < 1.29 is 23.6 Å². The second-order valence-electron chi connectivity index (χ2n) is 7.60. The molecule has 1 aromatic carbocycles. The fourth-order valence-electron chi connectivity index (χ4n) is 3.26. The number of fused-ring (bicyclic) bond motifs is 1. The van der Waals surface area contributed by atoms with E-state index in [1.54, 1.807) is 37.3 Å². The Bertz CT molecular complexity index is 870. The molecular weight excluding hydrogens is 388 g/mol. The summed E-state index contributed by atoms with van der Waals surface area (Å²) < 4.78 is 16.5. The zero-order chi connectivity index (χ0) is 21.7. The summed E-state index contributed by atoms with van der Waals surface area (Å²) in [7, 11) is 3.40. The fourth-order valence-corrected chi connectivity index (χ4v) is 3.26. The number of rotatable bonds is 3. The van der Waals surface area contributed by atoms with Crippen molar-refractivity contribution in [1.82, 2.24) is 15.4 Å². The maximum atomic E-state index is 13.1. The van der Waals surface area contributed by atoms with Crippen molar-refractivity contribution in [2.45, 2.75) is 26.0 Å². The van der Waals surface area contributed by atoms with E-state index in [2.05, 4.69) is 22.7 Å². The molecule has 0 bridgehead atoms. The number of likely N-dealkylation sites (N-methyl/N-ethyl adjacent to an activating group) is 1. The van der Waals surface area contributed by atoms with Crippen LogP contribution in [0.5, 0.6) is 5.75 Å². The molecule has 0 spiro atoms. The smallest absolute Gasteiger partial charge is 0.294 e. The van der Waals surface area contributed by atoms with Gasteiger partial charge in [0, 0.05) is 51.1 Å². The molecule has 1 aliphatic heterocycles. The third-order valence-corrected chi connectivity index (χ3v) is 5.15. The van der Waals surface area contributed by atoms with Crippen LogP contribution in [-0.2, 0) is 4.74 Å². The number of aromatic nitrogens is 1. The molecule has 2 heterocycles. The Labute approximate surface area is 175 Å². The van der Waals surface area contributed by atoms with Crippen molar-refractivity contribution in [2.75, 3.05) is 39.2 Å². The lowest BCUT2D eigenvalue weighted by Crippen LogP contribution is -2.44. The molecule has 1 aliphatic rings. The minimum Gasteiger partial charge on any atom is -0.491 e. The fraction of sp³-hybridized carbons (Fsp3) is 0.476. The molecule has 0 saturated heterocycles. The summed E-state index contributed by atoms with van der Waals surface area (Å²) in [4.78, 5) is 27.0. The van der Waals surface area contributed by atoms with Gasteiger partial charge in [0.2, 0.25) is 5.76 Å². The lowest BCUT2D eigenvalue weighted by atomic mass is 10.0. The molecule has 1 aromatic heterocycles. The molecule has 0 unspecified atom stereocenters. The highest BCUT2D eigenvalue weighted by atomic mass is 16.5. The Kier molecular flexibility index (Phi) is 7.07. The summed E-state index contributed by atoms with van der Waals surface area (Å²) in [5.74, 6) is 0.111. The van der Waals surface area contributed by atoms with E-state index < -0.39 is 5.91 Å². The highest BCUT2D eigenvalue weighted by molar-refractivity contribution is 6.03. The topological polar surface area (TPSA) is 106 Å². The lowest BCUT2D eigenvalue weighted by Gasteiger charge is -2.30. The van der Waals surface area contributed by atoms with Gasteiger partial charge in [-0.2, -0.15) is 0 Å². The highest BCUT2D eigenvalue weighted by Gasteiger charge is 2.25. The molecule has 3 rings (SSSR count). The Balaban J connectivity index is 1.87. The number of nitrogens with one attached hydrogen (secondary N) is 2. The second kappa shape index (κ2) is 9.73. The van der Waals surface area contributed by atoms with Crippen LogP contribution in [-0.4, -0.2) is 67.9 Å². The van der Waals surface area contributed by atoms with Gasteiger partial charge in [0.25, 0.3) is 11.8 Å². The molecule has 0 aliphatic carbocycles. The number of carbonyl (C=O) groups is 2.